The maximum atomic E-state index is 5.06. The lowest BCUT2D eigenvalue weighted by molar-refractivity contribution is 0.149. The summed E-state index contributed by atoms with van der Waals surface area (Å²) < 4.78 is 9.89. The lowest BCUT2D eigenvalue weighted by Crippen LogP contribution is -1.96. The van der Waals surface area contributed by atoms with E-state index in [4.69, 9.17) is 9.47 Å². The molecule has 2 nitrogen and oxygen atoms in total. The molecule has 0 unspecified atom stereocenters. The van der Waals surface area contributed by atoms with E-state index in [9.17, 15) is 0 Å². The molecule has 0 fully saturated rings. The molecule has 0 spiro atoms. The Morgan fingerprint density at radius 3 is 2.40 bits per heavy atom. The molecule has 10 heavy (non-hydrogen) atoms. The monoisotopic (exact) mass is 142 g/mol. The van der Waals surface area contributed by atoms with Gasteiger partial charge in [-0.3, -0.25) is 0 Å². The minimum atomic E-state index is 0.563. The van der Waals surface area contributed by atoms with Crippen LogP contribution in [0.5, 0.6) is 0 Å². The van der Waals surface area contributed by atoms with Gasteiger partial charge >= 0.3 is 0 Å². The summed E-state index contributed by atoms with van der Waals surface area (Å²) in [6, 6.07) is 0. The molecule has 0 amide bonds. The van der Waals surface area contributed by atoms with Gasteiger partial charge in [0.2, 0.25) is 0 Å². The highest BCUT2D eigenvalue weighted by atomic mass is 16.5. The SMILES string of the molecule is C=COCCOC=C(C)C. The summed E-state index contributed by atoms with van der Waals surface area (Å²) in [6.45, 7) is 8.50. The number of hydrogen-bond acceptors (Lipinski definition) is 2. The summed E-state index contributed by atoms with van der Waals surface area (Å²) in [7, 11) is 0. The van der Waals surface area contributed by atoms with E-state index >= 15 is 0 Å². The Kier molecular flexibility index (Phi) is 5.63. The van der Waals surface area contributed by atoms with Crippen LogP contribution >= 0.6 is 0 Å². The van der Waals surface area contributed by atoms with Gasteiger partial charge < -0.3 is 9.47 Å². The standard InChI is InChI=1S/C8H14O2/c1-4-9-5-6-10-7-8(2)3/h4,7H,1,5-6H2,2-3H3. The van der Waals surface area contributed by atoms with Crippen molar-refractivity contribution >= 4 is 0 Å². The van der Waals surface area contributed by atoms with Gasteiger partial charge in [0.15, 0.2) is 0 Å². The van der Waals surface area contributed by atoms with Gasteiger partial charge in [0.05, 0.1) is 12.5 Å². The third kappa shape index (κ3) is 7.08. The molecule has 0 aromatic heterocycles. The molecule has 2 heteroatoms. The summed E-state index contributed by atoms with van der Waals surface area (Å²) in [5.74, 6) is 0. The van der Waals surface area contributed by atoms with Crippen LogP contribution in [0.15, 0.2) is 24.7 Å². The number of allylic oxidation sites excluding steroid dienone is 1. The van der Waals surface area contributed by atoms with Crippen molar-refractivity contribution < 1.29 is 9.47 Å². The van der Waals surface area contributed by atoms with Gasteiger partial charge in [0.25, 0.3) is 0 Å². The van der Waals surface area contributed by atoms with E-state index in [1.165, 1.54) is 6.26 Å². The minimum absolute atomic E-state index is 0.563. The third-order valence-corrected chi connectivity index (χ3v) is 0.756. The molecule has 0 bridgehead atoms. The van der Waals surface area contributed by atoms with E-state index in [2.05, 4.69) is 6.58 Å². The molecule has 0 saturated carbocycles. The normalized spacial score (nSPS) is 8.20. The molecule has 0 aliphatic heterocycles. The molecule has 0 aromatic carbocycles. The van der Waals surface area contributed by atoms with Gasteiger partial charge in [-0.15, -0.1) is 0 Å². The predicted molar refractivity (Wildman–Crippen MR) is 41.5 cm³/mol. The Morgan fingerprint density at radius 1 is 1.30 bits per heavy atom. The van der Waals surface area contributed by atoms with Gasteiger partial charge in [-0.1, -0.05) is 6.58 Å². The first-order valence-electron chi connectivity index (χ1n) is 3.25. The third-order valence-electron chi connectivity index (χ3n) is 0.756. The van der Waals surface area contributed by atoms with Crippen molar-refractivity contribution in [3.63, 3.8) is 0 Å². The van der Waals surface area contributed by atoms with E-state index < -0.39 is 0 Å². The van der Waals surface area contributed by atoms with Crippen molar-refractivity contribution in [2.24, 2.45) is 0 Å². The molecular formula is C8H14O2. The molecule has 0 rings (SSSR count). The van der Waals surface area contributed by atoms with Crippen molar-refractivity contribution in [2.45, 2.75) is 13.8 Å². The van der Waals surface area contributed by atoms with Crippen LogP contribution in [0.25, 0.3) is 0 Å². The van der Waals surface area contributed by atoms with E-state index in [-0.39, 0.29) is 0 Å². The van der Waals surface area contributed by atoms with Gasteiger partial charge in [0, 0.05) is 0 Å². The molecule has 0 heterocycles. The Balaban J connectivity index is 3.05. The van der Waals surface area contributed by atoms with E-state index in [0.717, 1.165) is 5.57 Å². The molecule has 58 valence electrons. The van der Waals surface area contributed by atoms with Crippen LogP contribution in [-0.2, 0) is 9.47 Å². The van der Waals surface area contributed by atoms with Crippen molar-refractivity contribution in [3.8, 4) is 0 Å². The Labute approximate surface area is 62.1 Å². The van der Waals surface area contributed by atoms with Crippen LogP contribution in [0.1, 0.15) is 13.8 Å². The second-order valence-electron chi connectivity index (χ2n) is 2.10. The summed E-state index contributed by atoms with van der Waals surface area (Å²) in [5, 5.41) is 0. The average molecular weight is 142 g/mol. The second kappa shape index (κ2) is 6.20. The molecule has 0 N–H and O–H groups in total. The van der Waals surface area contributed by atoms with Crippen LogP contribution in [0, 0.1) is 0 Å². The Bertz CT molecular complexity index is 112. The lowest BCUT2D eigenvalue weighted by atomic mass is 10.4. The number of hydrogen-bond donors (Lipinski definition) is 0. The van der Waals surface area contributed by atoms with Crippen LogP contribution in [0.3, 0.4) is 0 Å². The first-order chi connectivity index (χ1) is 4.77. The Hall–Kier alpha value is -0.920. The van der Waals surface area contributed by atoms with Crippen LogP contribution in [0.2, 0.25) is 0 Å². The molecule has 0 atom stereocenters. The first-order valence-corrected chi connectivity index (χ1v) is 3.25. The summed E-state index contributed by atoms with van der Waals surface area (Å²) in [5.41, 5.74) is 1.15. The maximum Gasteiger partial charge on any atom is 0.121 e. The zero-order chi connectivity index (χ0) is 7.82. The summed E-state index contributed by atoms with van der Waals surface area (Å²) in [6.07, 6.45) is 3.12. The average Bonchev–Trinajstić information content (AvgIpc) is 1.87. The highest BCUT2D eigenvalue weighted by Crippen LogP contribution is 1.88. The largest absolute Gasteiger partial charge is 0.498 e. The quantitative estimate of drug-likeness (QED) is 0.432. The molecule has 0 aliphatic rings. The smallest absolute Gasteiger partial charge is 0.121 e. The summed E-state index contributed by atoms with van der Waals surface area (Å²) in [4.78, 5) is 0. The van der Waals surface area contributed by atoms with Gasteiger partial charge in [-0.05, 0) is 19.4 Å². The first kappa shape index (κ1) is 9.08. The Morgan fingerprint density at radius 2 is 1.90 bits per heavy atom. The molecule has 0 radical (unpaired) electrons. The van der Waals surface area contributed by atoms with Gasteiger partial charge in [-0.25, -0.2) is 0 Å². The molecule has 0 aromatic rings. The zero-order valence-electron chi connectivity index (χ0n) is 6.59. The fraction of sp³-hybridized carbons (Fsp3) is 0.500. The molecule has 0 saturated heterocycles. The van der Waals surface area contributed by atoms with Crippen molar-refractivity contribution in [2.75, 3.05) is 13.2 Å². The maximum absolute atomic E-state index is 5.06. The summed E-state index contributed by atoms with van der Waals surface area (Å²) >= 11 is 0. The number of ether oxygens (including phenoxy) is 2. The highest BCUT2D eigenvalue weighted by Gasteiger charge is 1.81. The second-order valence-corrected chi connectivity index (χ2v) is 2.10. The lowest BCUT2D eigenvalue weighted by Gasteiger charge is -2.00. The zero-order valence-corrected chi connectivity index (χ0v) is 6.59. The van der Waals surface area contributed by atoms with E-state index in [1.807, 2.05) is 13.8 Å². The molecular weight excluding hydrogens is 128 g/mol. The van der Waals surface area contributed by atoms with Crippen LogP contribution in [0.4, 0.5) is 0 Å². The predicted octanol–water partition coefficient (Wildman–Crippen LogP) is 2.09. The van der Waals surface area contributed by atoms with Crippen molar-refractivity contribution in [1.29, 1.82) is 0 Å². The fourth-order valence-electron chi connectivity index (χ4n) is 0.405. The van der Waals surface area contributed by atoms with Crippen LogP contribution in [-0.4, -0.2) is 13.2 Å². The van der Waals surface area contributed by atoms with Crippen molar-refractivity contribution in [1.82, 2.24) is 0 Å². The molecule has 0 aliphatic carbocycles. The minimum Gasteiger partial charge on any atom is -0.498 e. The van der Waals surface area contributed by atoms with Gasteiger partial charge in [-0.2, -0.15) is 0 Å². The fourth-order valence-corrected chi connectivity index (χ4v) is 0.405. The topological polar surface area (TPSA) is 18.5 Å². The van der Waals surface area contributed by atoms with E-state index in [0.29, 0.717) is 13.2 Å². The van der Waals surface area contributed by atoms with Crippen molar-refractivity contribution in [3.05, 3.63) is 24.7 Å². The number of rotatable bonds is 5. The van der Waals surface area contributed by atoms with E-state index in [1.54, 1.807) is 6.26 Å². The van der Waals surface area contributed by atoms with Crippen LogP contribution < -0.4 is 0 Å². The highest BCUT2D eigenvalue weighted by molar-refractivity contribution is 4.86. The van der Waals surface area contributed by atoms with Gasteiger partial charge in [0.1, 0.15) is 13.2 Å².